The minimum absolute atomic E-state index is 0.00332. The Labute approximate surface area is 206 Å². The zero-order valence-electron chi connectivity index (χ0n) is 20.6. The number of carbonyl (C=O) groups excluding carboxylic acids is 2. The average molecular weight is 479 g/mol. The fraction of sp³-hybridized carbons (Fsp3) is 0.464. The summed E-state index contributed by atoms with van der Waals surface area (Å²) < 4.78 is 5.67. The molecule has 2 N–H and O–H groups in total. The SMILES string of the molecule is CC(C)C(C(=O)N1CCC(C(=O)O)CC1)C(C)NC(=O)OCC1c2ccccc2-c2ccccc21. The molecule has 0 saturated carbocycles. The van der Waals surface area contributed by atoms with E-state index in [4.69, 9.17) is 4.74 Å². The molecule has 186 valence electrons. The first kappa shape index (κ1) is 24.8. The van der Waals surface area contributed by atoms with Crippen LogP contribution >= 0.6 is 0 Å². The smallest absolute Gasteiger partial charge is 0.407 e. The monoisotopic (exact) mass is 478 g/mol. The summed E-state index contributed by atoms with van der Waals surface area (Å²) in [6, 6.07) is 15.9. The van der Waals surface area contributed by atoms with E-state index in [9.17, 15) is 19.5 Å². The van der Waals surface area contributed by atoms with Gasteiger partial charge in [0.25, 0.3) is 0 Å². The van der Waals surface area contributed by atoms with Crippen LogP contribution in [-0.4, -0.2) is 53.7 Å². The number of carbonyl (C=O) groups is 3. The van der Waals surface area contributed by atoms with Crippen molar-refractivity contribution in [3.05, 3.63) is 59.7 Å². The molecule has 4 rings (SSSR count). The minimum Gasteiger partial charge on any atom is -0.481 e. The highest BCUT2D eigenvalue weighted by molar-refractivity contribution is 5.81. The Morgan fingerprint density at radius 2 is 1.51 bits per heavy atom. The molecule has 0 radical (unpaired) electrons. The van der Waals surface area contributed by atoms with E-state index in [1.54, 1.807) is 4.90 Å². The molecular formula is C28H34N2O5. The Hall–Kier alpha value is -3.35. The number of carboxylic acid groups (broad SMARTS) is 1. The van der Waals surface area contributed by atoms with Gasteiger partial charge in [-0.25, -0.2) is 4.79 Å². The molecule has 2 unspecified atom stereocenters. The highest BCUT2D eigenvalue weighted by Gasteiger charge is 2.36. The van der Waals surface area contributed by atoms with Gasteiger partial charge in [0.1, 0.15) is 6.61 Å². The summed E-state index contributed by atoms with van der Waals surface area (Å²) in [4.78, 5) is 39.0. The number of rotatable bonds is 7. The first-order valence-electron chi connectivity index (χ1n) is 12.4. The highest BCUT2D eigenvalue weighted by atomic mass is 16.5. The van der Waals surface area contributed by atoms with Gasteiger partial charge in [-0.1, -0.05) is 62.4 Å². The van der Waals surface area contributed by atoms with Crippen LogP contribution in [-0.2, 0) is 14.3 Å². The van der Waals surface area contributed by atoms with Crippen LogP contribution in [0.15, 0.2) is 48.5 Å². The van der Waals surface area contributed by atoms with Gasteiger partial charge in [-0.3, -0.25) is 9.59 Å². The van der Waals surface area contributed by atoms with Crippen molar-refractivity contribution in [3.63, 3.8) is 0 Å². The van der Waals surface area contributed by atoms with Gasteiger partial charge in [-0.05, 0) is 47.9 Å². The predicted octanol–water partition coefficient (Wildman–Crippen LogP) is 4.51. The number of hydrogen-bond donors (Lipinski definition) is 2. The number of fused-ring (bicyclic) bond motifs is 3. The summed E-state index contributed by atoms with van der Waals surface area (Å²) >= 11 is 0. The number of amides is 2. The van der Waals surface area contributed by atoms with E-state index in [0.717, 1.165) is 11.1 Å². The molecule has 35 heavy (non-hydrogen) atoms. The second kappa shape index (κ2) is 10.5. The first-order chi connectivity index (χ1) is 16.8. The summed E-state index contributed by atoms with van der Waals surface area (Å²) in [5.41, 5.74) is 4.63. The van der Waals surface area contributed by atoms with Gasteiger partial charge < -0.3 is 20.1 Å². The van der Waals surface area contributed by atoms with Crippen LogP contribution in [0.2, 0.25) is 0 Å². The molecule has 2 atom stereocenters. The normalized spacial score (nSPS) is 17.4. The standard InChI is InChI=1S/C28H34N2O5/c1-17(2)25(26(31)30-14-12-19(13-15-30)27(32)33)18(3)29-28(34)35-16-24-22-10-6-4-8-20(22)21-9-5-7-11-23(21)24/h4-11,17-19,24-25H,12-16H2,1-3H3,(H,29,34)(H,32,33). The maximum Gasteiger partial charge on any atom is 0.407 e. The van der Waals surface area contributed by atoms with Crippen LogP contribution < -0.4 is 5.32 Å². The lowest BCUT2D eigenvalue weighted by molar-refractivity contribution is -0.147. The number of carboxylic acids is 1. The first-order valence-corrected chi connectivity index (χ1v) is 12.4. The van der Waals surface area contributed by atoms with Crippen LogP contribution in [0.4, 0.5) is 4.79 Å². The predicted molar refractivity (Wildman–Crippen MR) is 133 cm³/mol. The Morgan fingerprint density at radius 1 is 0.971 bits per heavy atom. The van der Waals surface area contributed by atoms with Gasteiger partial charge in [0.15, 0.2) is 0 Å². The molecule has 2 aromatic carbocycles. The molecular weight excluding hydrogens is 444 g/mol. The number of nitrogens with zero attached hydrogens (tertiary/aromatic N) is 1. The molecule has 7 heteroatoms. The van der Waals surface area contributed by atoms with Gasteiger partial charge in [-0.2, -0.15) is 0 Å². The van der Waals surface area contributed by atoms with Crippen molar-refractivity contribution < 1.29 is 24.2 Å². The van der Waals surface area contributed by atoms with E-state index in [1.165, 1.54) is 11.1 Å². The summed E-state index contributed by atoms with van der Waals surface area (Å²) in [7, 11) is 0. The Kier molecular flexibility index (Phi) is 7.43. The second-order valence-electron chi connectivity index (χ2n) is 9.97. The lowest BCUT2D eigenvalue weighted by atomic mass is 9.86. The zero-order valence-corrected chi connectivity index (χ0v) is 20.6. The minimum atomic E-state index is -0.803. The van der Waals surface area contributed by atoms with E-state index < -0.39 is 29.9 Å². The molecule has 7 nitrogen and oxygen atoms in total. The Bertz CT molecular complexity index is 1040. The molecule has 2 aromatic rings. The molecule has 1 aliphatic carbocycles. The topological polar surface area (TPSA) is 95.9 Å². The number of ether oxygens (including phenoxy) is 1. The number of alkyl carbamates (subject to hydrolysis) is 1. The summed E-state index contributed by atoms with van der Waals surface area (Å²) in [6.45, 7) is 6.82. The second-order valence-corrected chi connectivity index (χ2v) is 9.97. The van der Waals surface area contributed by atoms with E-state index in [1.807, 2.05) is 45.0 Å². The Morgan fingerprint density at radius 3 is 2.03 bits per heavy atom. The number of nitrogens with one attached hydrogen (secondary N) is 1. The van der Waals surface area contributed by atoms with E-state index >= 15 is 0 Å². The van der Waals surface area contributed by atoms with Crippen molar-refractivity contribution in [2.75, 3.05) is 19.7 Å². The number of likely N-dealkylation sites (tertiary alicyclic amines) is 1. The summed E-state index contributed by atoms with van der Waals surface area (Å²) in [6.07, 6.45) is 0.377. The van der Waals surface area contributed by atoms with Gasteiger partial charge >= 0.3 is 12.1 Å². The third-order valence-corrected chi connectivity index (χ3v) is 7.39. The maximum absolute atomic E-state index is 13.3. The van der Waals surface area contributed by atoms with E-state index in [0.29, 0.717) is 25.9 Å². The zero-order chi connectivity index (χ0) is 25.1. The fourth-order valence-electron chi connectivity index (χ4n) is 5.55. The largest absolute Gasteiger partial charge is 0.481 e. The lowest BCUT2D eigenvalue weighted by Gasteiger charge is -2.36. The molecule has 0 aromatic heterocycles. The molecule has 0 bridgehead atoms. The van der Waals surface area contributed by atoms with Gasteiger partial charge in [0.2, 0.25) is 5.91 Å². The van der Waals surface area contributed by atoms with Crippen molar-refractivity contribution in [1.29, 1.82) is 0 Å². The number of benzene rings is 2. The van der Waals surface area contributed by atoms with Crippen molar-refractivity contribution in [1.82, 2.24) is 10.2 Å². The van der Waals surface area contributed by atoms with E-state index in [2.05, 4.69) is 29.6 Å². The quantitative estimate of drug-likeness (QED) is 0.611. The van der Waals surface area contributed by atoms with Crippen LogP contribution in [0.1, 0.15) is 50.7 Å². The molecule has 1 fully saturated rings. The number of aliphatic carboxylic acids is 1. The van der Waals surface area contributed by atoms with Gasteiger partial charge in [0.05, 0.1) is 11.8 Å². The maximum atomic E-state index is 13.3. The number of piperidine rings is 1. The molecule has 1 heterocycles. The van der Waals surface area contributed by atoms with Gasteiger partial charge in [-0.15, -0.1) is 0 Å². The van der Waals surface area contributed by atoms with E-state index in [-0.39, 0.29) is 24.3 Å². The summed E-state index contributed by atoms with van der Waals surface area (Å²) in [5, 5.41) is 12.1. The van der Waals surface area contributed by atoms with Crippen LogP contribution in [0.5, 0.6) is 0 Å². The van der Waals surface area contributed by atoms with Crippen molar-refractivity contribution in [3.8, 4) is 11.1 Å². The van der Waals surface area contributed by atoms with Gasteiger partial charge in [0, 0.05) is 25.0 Å². The molecule has 0 spiro atoms. The molecule has 2 amide bonds. The van der Waals surface area contributed by atoms with Crippen LogP contribution in [0.25, 0.3) is 11.1 Å². The average Bonchev–Trinajstić information content (AvgIpc) is 3.16. The fourth-order valence-corrected chi connectivity index (χ4v) is 5.55. The molecule has 2 aliphatic rings. The highest BCUT2D eigenvalue weighted by Crippen LogP contribution is 2.44. The third-order valence-electron chi connectivity index (χ3n) is 7.39. The van der Waals surface area contributed by atoms with Crippen molar-refractivity contribution >= 4 is 18.0 Å². The summed E-state index contributed by atoms with van der Waals surface area (Å²) in [5.74, 6) is -1.69. The van der Waals surface area contributed by atoms with Crippen LogP contribution in [0.3, 0.4) is 0 Å². The van der Waals surface area contributed by atoms with Crippen LogP contribution in [0, 0.1) is 17.8 Å². The number of hydrogen-bond acceptors (Lipinski definition) is 4. The lowest BCUT2D eigenvalue weighted by Crippen LogP contribution is -2.51. The molecule has 1 aliphatic heterocycles. The third kappa shape index (κ3) is 5.19. The molecule has 1 saturated heterocycles. The van der Waals surface area contributed by atoms with Crippen molar-refractivity contribution in [2.24, 2.45) is 17.8 Å². The van der Waals surface area contributed by atoms with Crippen molar-refractivity contribution in [2.45, 2.75) is 45.6 Å². The Balaban J connectivity index is 1.37.